The average molecular weight is 251 g/mol. The first kappa shape index (κ1) is 12.4. The lowest BCUT2D eigenvalue weighted by atomic mass is 10.4. The van der Waals surface area contributed by atoms with Crippen LogP contribution in [-0.4, -0.2) is 41.7 Å². The van der Waals surface area contributed by atoms with Gasteiger partial charge in [0.15, 0.2) is 0 Å². The molecule has 0 heterocycles. The maximum atomic E-state index is 11.2. The molecular weight excluding hydrogens is 236 g/mol. The summed E-state index contributed by atoms with van der Waals surface area (Å²) in [6.45, 7) is 5.00. The lowest BCUT2D eigenvalue weighted by Crippen LogP contribution is -2.41. The first-order valence-corrected chi connectivity index (χ1v) is 5.38. The average Bonchev–Trinajstić information content (AvgIpc) is 2.13. The van der Waals surface area contributed by atoms with Gasteiger partial charge in [-0.15, -0.1) is 0 Å². The summed E-state index contributed by atoms with van der Waals surface area (Å²) in [5.41, 5.74) is 0. The van der Waals surface area contributed by atoms with Crippen LogP contribution in [0.4, 0.5) is 0 Å². The van der Waals surface area contributed by atoms with Crippen LogP contribution in [0, 0.1) is 0 Å². The van der Waals surface area contributed by atoms with Crippen LogP contribution in [0.1, 0.15) is 13.8 Å². The van der Waals surface area contributed by atoms with Gasteiger partial charge in [0.2, 0.25) is 11.8 Å². The number of nitrogens with one attached hydrogen (secondary N) is 1. The van der Waals surface area contributed by atoms with Gasteiger partial charge in [-0.1, -0.05) is 15.9 Å². The van der Waals surface area contributed by atoms with Crippen molar-refractivity contribution < 1.29 is 9.59 Å². The Bertz CT molecular complexity index is 185. The molecule has 13 heavy (non-hydrogen) atoms. The highest BCUT2D eigenvalue weighted by molar-refractivity contribution is 9.09. The van der Waals surface area contributed by atoms with E-state index >= 15 is 0 Å². The Morgan fingerprint density at radius 1 is 1.38 bits per heavy atom. The minimum atomic E-state index is -0.112. The zero-order valence-corrected chi connectivity index (χ0v) is 9.56. The quantitative estimate of drug-likeness (QED) is 0.717. The molecule has 0 fully saturated rings. The minimum Gasteiger partial charge on any atom is -0.355 e. The first-order chi connectivity index (χ1) is 6.15. The number of hydrogen-bond donors (Lipinski definition) is 1. The van der Waals surface area contributed by atoms with Crippen LogP contribution in [0.15, 0.2) is 0 Å². The monoisotopic (exact) mass is 250 g/mol. The van der Waals surface area contributed by atoms with E-state index in [2.05, 4.69) is 21.2 Å². The molecule has 0 spiro atoms. The number of carbonyl (C=O) groups is 2. The molecule has 0 aromatic rings. The topological polar surface area (TPSA) is 49.4 Å². The fourth-order valence-corrected chi connectivity index (χ4v) is 1.24. The highest BCUT2D eigenvalue weighted by atomic mass is 79.9. The molecule has 1 N–H and O–H groups in total. The molecule has 4 nitrogen and oxygen atoms in total. The molecule has 0 aliphatic heterocycles. The second-order valence-corrected chi connectivity index (χ2v) is 3.06. The predicted molar refractivity (Wildman–Crippen MR) is 54.7 cm³/mol. The summed E-state index contributed by atoms with van der Waals surface area (Å²) in [5, 5.41) is 2.91. The second kappa shape index (κ2) is 6.88. The van der Waals surface area contributed by atoms with Gasteiger partial charge < -0.3 is 10.2 Å². The Kier molecular flexibility index (Phi) is 6.58. The fourth-order valence-electron chi connectivity index (χ4n) is 0.887. The van der Waals surface area contributed by atoms with Crippen molar-refractivity contribution in [3.63, 3.8) is 0 Å². The van der Waals surface area contributed by atoms with Gasteiger partial charge in [-0.2, -0.15) is 0 Å². The van der Waals surface area contributed by atoms with Gasteiger partial charge in [0.1, 0.15) is 0 Å². The van der Waals surface area contributed by atoms with Gasteiger partial charge in [-0.3, -0.25) is 9.59 Å². The van der Waals surface area contributed by atoms with Crippen LogP contribution in [-0.2, 0) is 9.59 Å². The Morgan fingerprint density at radius 2 is 2.00 bits per heavy atom. The number of halogens is 1. The number of nitrogens with zero attached hydrogens (tertiary/aromatic N) is 1. The van der Waals surface area contributed by atoms with E-state index in [4.69, 9.17) is 0 Å². The van der Waals surface area contributed by atoms with Crippen LogP contribution in [0.2, 0.25) is 0 Å². The summed E-state index contributed by atoms with van der Waals surface area (Å²) in [7, 11) is 0. The smallest absolute Gasteiger partial charge is 0.239 e. The van der Waals surface area contributed by atoms with Crippen molar-refractivity contribution in [2.24, 2.45) is 0 Å². The maximum absolute atomic E-state index is 11.2. The van der Waals surface area contributed by atoms with Crippen molar-refractivity contribution >= 4 is 27.7 Å². The molecule has 0 aromatic carbocycles. The molecule has 0 saturated carbocycles. The van der Waals surface area contributed by atoms with Crippen LogP contribution in [0.3, 0.4) is 0 Å². The molecule has 76 valence electrons. The van der Waals surface area contributed by atoms with Crippen LogP contribution in [0.5, 0.6) is 0 Å². The largest absolute Gasteiger partial charge is 0.355 e. The lowest BCUT2D eigenvalue weighted by Gasteiger charge is -2.18. The highest BCUT2D eigenvalue weighted by Crippen LogP contribution is 1.92. The van der Waals surface area contributed by atoms with Crippen molar-refractivity contribution in [2.75, 3.05) is 25.0 Å². The first-order valence-electron chi connectivity index (χ1n) is 4.26. The second-order valence-electron chi connectivity index (χ2n) is 2.50. The summed E-state index contributed by atoms with van der Waals surface area (Å²) in [6, 6.07) is 0. The van der Waals surface area contributed by atoms with E-state index in [9.17, 15) is 9.59 Å². The Morgan fingerprint density at radius 3 is 2.38 bits per heavy atom. The predicted octanol–water partition coefficient (Wildman–Crippen LogP) is 0.366. The number of rotatable bonds is 5. The van der Waals surface area contributed by atoms with Crippen molar-refractivity contribution in [3.05, 3.63) is 0 Å². The summed E-state index contributed by atoms with van der Waals surface area (Å²) in [6.07, 6.45) is 0. The fraction of sp³-hybridized carbons (Fsp3) is 0.750. The molecule has 0 rings (SSSR count). The van der Waals surface area contributed by atoms with Gasteiger partial charge in [0.25, 0.3) is 0 Å². The third-order valence-electron chi connectivity index (χ3n) is 1.56. The van der Waals surface area contributed by atoms with Crippen molar-refractivity contribution in [1.29, 1.82) is 0 Å². The minimum absolute atomic E-state index is 0.0613. The zero-order valence-electron chi connectivity index (χ0n) is 7.97. The van der Waals surface area contributed by atoms with E-state index in [-0.39, 0.29) is 23.7 Å². The van der Waals surface area contributed by atoms with Crippen LogP contribution < -0.4 is 5.32 Å². The summed E-state index contributed by atoms with van der Waals surface area (Å²) in [5.74, 6) is -0.174. The number of amides is 2. The Balaban J connectivity index is 3.97. The molecule has 0 atom stereocenters. The molecule has 0 aliphatic rings. The van der Waals surface area contributed by atoms with E-state index in [1.807, 2.05) is 13.8 Å². The normalized spacial score (nSPS) is 9.46. The van der Waals surface area contributed by atoms with E-state index in [1.54, 1.807) is 0 Å². The SMILES string of the molecule is CCNC(=O)CN(CC)C(=O)CBr. The molecule has 0 saturated heterocycles. The zero-order chi connectivity index (χ0) is 10.3. The summed E-state index contributed by atoms with van der Waals surface area (Å²) >= 11 is 3.06. The molecule has 5 heteroatoms. The molecular formula is C8H15BrN2O2. The molecule has 0 bridgehead atoms. The van der Waals surface area contributed by atoms with E-state index in [1.165, 1.54) is 4.90 Å². The van der Waals surface area contributed by atoms with Crippen molar-refractivity contribution in [3.8, 4) is 0 Å². The van der Waals surface area contributed by atoms with Gasteiger partial charge in [0.05, 0.1) is 11.9 Å². The molecule has 0 aliphatic carbocycles. The molecule has 0 unspecified atom stereocenters. The van der Waals surface area contributed by atoms with Gasteiger partial charge in [0, 0.05) is 13.1 Å². The van der Waals surface area contributed by atoms with E-state index in [0.717, 1.165) is 0 Å². The third kappa shape index (κ3) is 4.87. The lowest BCUT2D eigenvalue weighted by molar-refractivity contribution is -0.133. The number of alkyl halides is 1. The summed E-state index contributed by atoms with van der Waals surface area (Å²) < 4.78 is 0. The highest BCUT2D eigenvalue weighted by Gasteiger charge is 2.12. The standard InChI is InChI=1S/C8H15BrN2O2/c1-3-10-7(12)6-11(4-2)8(13)5-9/h3-6H2,1-2H3,(H,10,12). The van der Waals surface area contributed by atoms with Crippen molar-refractivity contribution in [2.45, 2.75) is 13.8 Å². The molecule has 0 aromatic heterocycles. The van der Waals surface area contributed by atoms with E-state index in [0.29, 0.717) is 13.1 Å². The molecule has 2 amide bonds. The molecule has 0 radical (unpaired) electrons. The van der Waals surface area contributed by atoms with Gasteiger partial charge >= 0.3 is 0 Å². The van der Waals surface area contributed by atoms with Gasteiger partial charge in [-0.25, -0.2) is 0 Å². The van der Waals surface area contributed by atoms with Crippen LogP contribution in [0.25, 0.3) is 0 Å². The maximum Gasteiger partial charge on any atom is 0.239 e. The van der Waals surface area contributed by atoms with Crippen molar-refractivity contribution in [1.82, 2.24) is 10.2 Å². The number of carbonyl (C=O) groups excluding carboxylic acids is 2. The van der Waals surface area contributed by atoms with E-state index < -0.39 is 0 Å². The Hall–Kier alpha value is -0.580. The Labute approximate surface area is 86.8 Å². The third-order valence-corrected chi connectivity index (χ3v) is 2.04. The summed E-state index contributed by atoms with van der Waals surface area (Å²) in [4.78, 5) is 23.8. The number of likely N-dealkylation sites (N-methyl/N-ethyl adjacent to an activating group) is 2. The van der Waals surface area contributed by atoms with Gasteiger partial charge in [-0.05, 0) is 13.8 Å². The van der Waals surface area contributed by atoms with Crippen LogP contribution >= 0.6 is 15.9 Å². The number of hydrogen-bond acceptors (Lipinski definition) is 2.